The number of aryl methyl sites for hydroxylation is 1. The van der Waals surface area contributed by atoms with E-state index in [1.807, 2.05) is 15.9 Å². The Kier molecular flexibility index (Phi) is 5.39. The number of halogens is 1. The first-order valence-electron chi connectivity index (χ1n) is 10.3. The number of carbonyl (C=O) groups is 2. The Morgan fingerprint density at radius 2 is 1.97 bits per heavy atom. The maximum Gasteiger partial charge on any atom is 0.272 e. The normalized spacial score (nSPS) is 24.7. The first-order chi connectivity index (χ1) is 14.0. The van der Waals surface area contributed by atoms with E-state index in [0.29, 0.717) is 18.8 Å². The minimum atomic E-state index is -0.296. The molecule has 6 nitrogen and oxygen atoms in total. The Hall–Kier alpha value is -2.70. The molecule has 0 spiro atoms. The Morgan fingerprint density at radius 1 is 1.14 bits per heavy atom. The number of likely N-dealkylation sites (tertiary alicyclic amines) is 2. The maximum atomic E-state index is 14.0. The molecule has 2 aromatic rings. The SMILES string of the molecule is CC(=O)N1CCCCC[C@@H]2[C@@H]1[C@H](c1cccc(F)c1)CN2C(=O)c1ccnn1C. The molecule has 0 saturated carbocycles. The molecule has 0 unspecified atom stereocenters. The number of hydrogen-bond donors (Lipinski definition) is 0. The van der Waals surface area contributed by atoms with Gasteiger partial charge in [-0.15, -0.1) is 0 Å². The molecule has 2 aliphatic heterocycles. The van der Waals surface area contributed by atoms with Crippen LogP contribution in [-0.4, -0.2) is 56.6 Å². The van der Waals surface area contributed by atoms with Crippen LogP contribution in [-0.2, 0) is 11.8 Å². The summed E-state index contributed by atoms with van der Waals surface area (Å²) < 4.78 is 15.6. The zero-order valence-corrected chi connectivity index (χ0v) is 16.9. The van der Waals surface area contributed by atoms with Gasteiger partial charge in [-0.05, 0) is 36.6 Å². The van der Waals surface area contributed by atoms with Gasteiger partial charge in [0.1, 0.15) is 11.5 Å². The first kappa shape index (κ1) is 19.6. The number of benzene rings is 1. The quantitative estimate of drug-likeness (QED) is 0.782. The van der Waals surface area contributed by atoms with Crippen LogP contribution in [0.3, 0.4) is 0 Å². The molecule has 3 heterocycles. The Labute approximate surface area is 170 Å². The van der Waals surface area contributed by atoms with Crippen LogP contribution < -0.4 is 0 Å². The molecule has 3 atom stereocenters. The molecule has 0 radical (unpaired) electrons. The van der Waals surface area contributed by atoms with Gasteiger partial charge in [-0.2, -0.15) is 5.10 Å². The lowest BCUT2D eigenvalue weighted by Gasteiger charge is -2.38. The average molecular weight is 398 g/mol. The second kappa shape index (κ2) is 7.97. The summed E-state index contributed by atoms with van der Waals surface area (Å²) in [7, 11) is 1.75. The summed E-state index contributed by atoms with van der Waals surface area (Å²) in [6.07, 6.45) is 5.45. The fourth-order valence-electron chi connectivity index (χ4n) is 4.99. The van der Waals surface area contributed by atoms with Gasteiger partial charge in [0.2, 0.25) is 5.91 Å². The van der Waals surface area contributed by atoms with E-state index in [1.165, 1.54) is 12.1 Å². The number of rotatable bonds is 2. The number of nitrogens with zero attached hydrogens (tertiary/aromatic N) is 4. The predicted octanol–water partition coefficient (Wildman–Crippen LogP) is 2.96. The third-order valence-electron chi connectivity index (χ3n) is 6.34. The zero-order valence-electron chi connectivity index (χ0n) is 16.9. The van der Waals surface area contributed by atoms with Gasteiger partial charge in [0.15, 0.2) is 0 Å². The lowest BCUT2D eigenvalue weighted by atomic mass is 9.86. The van der Waals surface area contributed by atoms with Crippen molar-refractivity contribution in [1.82, 2.24) is 19.6 Å². The molecular formula is C22H27FN4O2. The van der Waals surface area contributed by atoms with Crippen molar-refractivity contribution in [2.75, 3.05) is 13.1 Å². The molecule has 2 saturated heterocycles. The van der Waals surface area contributed by atoms with Gasteiger partial charge >= 0.3 is 0 Å². The highest BCUT2D eigenvalue weighted by atomic mass is 19.1. The highest BCUT2D eigenvalue weighted by Crippen LogP contribution is 2.40. The van der Waals surface area contributed by atoms with E-state index in [4.69, 9.17) is 0 Å². The largest absolute Gasteiger partial charge is 0.337 e. The van der Waals surface area contributed by atoms with Crippen LogP contribution in [0, 0.1) is 5.82 Å². The zero-order chi connectivity index (χ0) is 20.5. The molecule has 1 aromatic heterocycles. The van der Waals surface area contributed by atoms with Crippen LogP contribution >= 0.6 is 0 Å². The fraction of sp³-hybridized carbons (Fsp3) is 0.500. The summed E-state index contributed by atoms with van der Waals surface area (Å²) in [6.45, 7) is 2.73. The number of aromatic nitrogens is 2. The van der Waals surface area contributed by atoms with Crippen LogP contribution in [0.15, 0.2) is 36.5 Å². The van der Waals surface area contributed by atoms with Crippen molar-refractivity contribution in [3.8, 4) is 0 Å². The minimum absolute atomic E-state index is 0.0122. The molecule has 29 heavy (non-hydrogen) atoms. The minimum Gasteiger partial charge on any atom is -0.337 e. The van der Waals surface area contributed by atoms with Crippen molar-refractivity contribution in [2.24, 2.45) is 7.05 Å². The predicted molar refractivity (Wildman–Crippen MR) is 107 cm³/mol. The smallest absolute Gasteiger partial charge is 0.272 e. The standard InChI is InChI=1S/C22H27FN4O2/c1-15(28)26-12-5-3-4-9-19-21(26)18(16-7-6-8-17(23)13-16)14-27(19)22(29)20-10-11-24-25(20)2/h6-8,10-11,13,18-19,21H,3-5,9,12,14H2,1-2H3/t18-,19+,21-/m0/s1. The molecule has 2 aliphatic rings. The van der Waals surface area contributed by atoms with Crippen LogP contribution in [0.4, 0.5) is 4.39 Å². The van der Waals surface area contributed by atoms with E-state index >= 15 is 0 Å². The van der Waals surface area contributed by atoms with Gasteiger partial charge in [0, 0.05) is 39.2 Å². The number of hydrogen-bond acceptors (Lipinski definition) is 3. The number of carbonyl (C=O) groups excluding carboxylic acids is 2. The van der Waals surface area contributed by atoms with E-state index in [0.717, 1.165) is 31.2 Å². The lowest BCUT2D eigenvalue weighted by Crippen LogP contribution is -2.51. The van der Waals surface area contributed by atoms with E-state index in [2.05, 4.69) is 5.10 Å². The molecule has 4 rings (SSSR count). The van der Waals surface area contributed by atoms with Crippen LogP contribution in [0.25, 0.3) is 0 Å². The molecule has 2 fully saturated rings. The second-order valence-corrected chi connectivity index (χ2v) is 8.08. The first-order valence-corrected chi connectivity index (χ1v) is 10.3. The van der Waals surface area contributed by atoms with Crippen molar-refractivity contribution in [1.29, 1.82) is 0 Å². The van der Waals surface area contributed by atoms with Crippen LogP contribution in [0.2, 0.25) is 0 Å². The molecule has 0 bridgehead atoms. The second-order valence-electron chi connectivity index (χ2n) is 8.08. The van der Waals surface area contributed by atoms with Crippen molar-refractivity contribution < 1.29 is 14.0 Å². The van der Waals surface area contributed by atoms with E-state index in [9.17, 15) is 14.0 Å². The van der Waals surface area contributed by atoms with Crippen LogP contribution in [0.5, 0.6) is 0 Å². The lowest BCUT2D eigenvalue weighted by molar-refractivity contribution is -0.132. The van der Waals surface area contributed by atoms with Crippen LogP contribution in [0.1, 0.15) is 54.6 Å². The highest BCUT2D eigenvalue weighted by molar-refractivity contribution is 5.93. The summed E-state index contributed by atoms with van der Waals surface area (Å²) in [5.41, 5.74) is 1.37. The number of amides is 2. The van der Waals surface area contributed by atoms with Gasteiger partial charge < -0.3 is 9.80 Å². The van der Waals surface area contributed by atoms with Gasteiger partial charge in [-0.3, -0.25) is 14.3 Å². The summed E-state index contributed by atoms with van der Waals surface area (Å²) in [6, 6.07) is 8.05. The topological polar surface area (TPSA) is 58.4 Å². The van der Waals surface area contributed by atoms with Crippen molar-refractivity contribution in [2.45, 2.75) is 50.6 Å². The fourth-order valence-corrected chi connectivity index (χ4v) is 4.99. The third-order valence-corrected chi connectivity index (χ3v) is 6.34. The van der Waals surface area contributed by atoms with E-state index < -0.39 is 0 Å². The summed E-state index contributed by atoms with van der Waals surface area (Å²) in [5.74, 6) is -0.480. The van der Waals surface area contributed by atoms with Crippen molar-refractivity contribution in [3.05, 3.63) is 53.6 Å². The molecule has 154 valence electrons. The van der Waals surface area contributed by atoms with Gasteiger partial charge in [-0.1, -0.05) is 25.0 Å². The van der Waals surface area contributed by atoms with Gasteiger partial charge in [0.05, 0.1) is 12.1 Å². The molecule has 1 aromatic carbocycles. The average Bonchev–Trinajstić information content (AvgIpc) is 3.24. The Bertz CT molecular complexity index is 912. The number of fused-ring (bicyclic) bond motifs is 1. The monoisotopic (exact) mass is 398 g/mol. The molecular weight excluding hydrogens is 371 g/mol. The molecule has 2 amide bonds. The van der Waals surface area contributed by atoms with E-state index in [-0.39, 0.29) is 35.6 Å². The Morgan fingerprint density at radius 3 is 2.66 bits per heavy atom. The highest BCUT2D eigenvalue weighted by Gasteiger charge is 2.48. The van der Waals surface area contributed by atoms with Gasteiger partial charge in [0.25, 0.3) is 5.91 Å². The summed E-state index contributed by atoms with van der Waals surface area (Å²) in [5, 5.41) is 4.13. The molecule has 0 aliphatic carbocycles. The summed E-state index contributed by atoms with van der Waals surface area (Å²) in [4.78, 5) is 29.7. The maximum absolute atomic E-state index is 14.0. The Balaban J connectivity index is 1.77. The van der Waals surface area contributed by atoms with Crippen molar-refractivity contribution >= 4 is 11.8 Å². The molecule has 0 N–H and O–H groups in total. The van der Waals surface area contributed by atoms with Gasteiger partial charge in [-0.25, -0.2) is 4.39 Å². The van der Waals surface area contributed by atoms with E-state index in [1.54, 1.807) is 37.0 Å². The van der Waals surface area contributed by atoms with Crippen molar-refractivity contribution in [3.63, 3.8) is 0 Å². The third kappa shape index (κ3) is 3.66. The summed E-state index contributed by atoms with van der Waals surface area (Å²) >= 11 is 0. The molecule has 7 heteroatoms.